The summed E-state index contributed by atoms with van der Waals surface area (Å²) in [5, 5.41) is 0.262. The highest BCUT2D eigenvalue weighted by Crippen LogP contribution is 2.38. The zero-order valence-electron chi connectivity index (χ0n) is 22.4. The first-order valence-electron chi connectivity index (χ1n) is 13.4. The third-order valence-corrected chi connectivity index (χ3v) is 8.07. The molecule has 2 fully saturated rings. The number of hydrogen-bond acceptors (Lipinski definition) is 7. The fraction of sp³-hybridized carbons (Fsp3) is 0.481. The normalized spacial score (nSPS) is 19.5. The molecule has 0 radical (unpaired) electrons. The highest BCUT2D eigenvalue weighted by molar-refractivity contribution is 6.33. The average Bonchev–Trinajstić information content (AvgIpc) is 3.63. The van der Waals surface area contributed by atoms with E-state index in [0.29, 0.717) is 25.2 Å². The van der Waals surface area contributed by atoms with Gasteiger partial charge in [-0.1, -0.05) is 18.5 Å². The number of rotatable bonds is 7. The molecule has 2 atom stereocenters. The Hall–Kier alpha value is -3.06. The Morgan fingerprint density at radius 2 is 1.52 bits per heavy atom. The van der Waals surface area contributed by atoms with Crippen LogP contribution in [0.2, 0.25) is 10.3 Å². The molecule has 2 aromatic heterocycles. The second kappa shape index (κ2) is 11.9. The van der Waals surface area contributed by atoms with E-state index in [2.05, 4.69) is 24.8 Å². The molecule has 7 nitrogen and oxygen atoms in total. The summed E-state index contributed by atoms with van der Waals surface area (Å²) < 4.78 is 81.9. The Labute approximate surface area is 248 Å². The zero-order chi connectivity index (χ0) is 30.2. The summed E-state index contributed by atoms with van der Waals surface area (Å²) in [6.07, 6.45) is -2.03. The Bertz CT molecular complexity index is 1360. The fourth-order valence-corrected chi connectivity index (χ4v) is 5.90. The summed E-state index contributed by atoms with van der Waals surface area (Å²) >= 11 is 12.4. The summed E-state index contributed by atoms with van der Waals surface area (Å²) in [6, 6.07) is 1.11. The van der Waals surface area contributed by atoms with Crippen molar-refractivity contribution < 1.29 is 26.3 Å². The lowest BCUT2D eigenvalue weighted by Crippen LogP contribution is -2.39. The van der Waals surface area contributed by atoms with Crippen molar-refractivity contribution >= 4 is 40.7 Å². The molecular weight excluding hydrogens is 607 g/mol. The maximum absolute atomic E-state index is 13.6. The molecule has 0 spiro atoms. The standard InChI is InChI=1S/C27H27Cl2F6N7/c1-2-19-10-20(15-41(19)23-22(28)13-36-24(29)39-23)42(25-37-11-21(12-38-25)40-5-3-4-6-40)14-16-7-17(26(30,31)32)9-18(8-16)27(33,34)35/h7-9,11-13,19-20H,2-6,10,14-15H2,1H3. The van der Waals surface area contributed by atoms with Crippen LogP contribution in [0.15, 0.2) is 36.8 Å². The summed E-state index contributed by atoms with van der Waals surface area (Å²) in [7, 11) is 0. The van der Waals surface area contributed by atoms with Gasteiger partial charge in [-0.25, -0.2) is 15.0 Å². The highest BCUT2D eigenvalue weighted by Gasteiger charge is 2.40. The van der Waals surface area contributed by atoms with Gasteiger partial charge in [0, 0.05) is 32.2 Å². The van der Waals surface area contributed by atoms with Gasteiger partial charge in [0.15, 0.2) is 5.82 Å². The van der Waals surface area contributed by atoms with E-state index in [0.717, 1.165) is 43.8 Å². The van der Waals surface area contributed by atoms with Gasteiger partial charge >= 0.3 is 12.4 Å². The average molecular weight is 634 g/mol. The maximum Gasteiger partial charge on any atom is 0.416 e. The van der Waals surface area contributed by atoms with Crippen molar-refractivity contribution in [3.63, 3.8) is 0 Å². The Balaban J connectivity index is 1.54. The molecule has 2 saturated heterocycles. The molecule has 42 heavy (non-hydrogen) atoms. The molecule has 1 aromatic carbocycles. The van der Waals surface area contributed by atoms with Crippen molar-refractivity contribution in [2.24, 2.45) is 0 Å². The van der Waals surface area contributed by atoms with Crippen molar-refractivity contribution in [3.8, 4) is 0 Å². The number of alkyl halides is 6. The van der Waals surface area contributed by atoms with E-state index in [1.165, 1.54) is 6.20 Å². The smallest absolute Gasteiger partial charge is 0.369 e. The molecule has 2 aliphatic rings. The monoisotopic (exact) mass is 633 g/mol. The quantitative estimate of drug-likeness (QED) is 0.200. The maximum atomic E-state index is 13.6. The molecule has 2 unspecified atom stereocenters. The van der Waals surface area contributed by atoms with E-state index in [-0.39, 0.29) is 40.5 Å². The van der Waals surface area contributed by atoms with E-state index in [4.69, 9.17) is 23.2 Å². The Morgan fingerprint density at radius 3 is 2.10 bits per heavy atom. The predicted octanol–water partition coefficient (Wildman–Crippen LogP) is 7.28. The topological polar surface area (TPSA) is 61.3 Å². The van der Waals surface area contributed by atoms with Crippen molar-refractivity contribution in [1.82, 2.24) is 19.9 Å². The van der Waals surface area contributed by atoms with Crippen LogP contribution in [0.25, 0.3) is 0 Å². The molecule has 0 N–H and O–H groups in total. The van der Waals surface area contributed by atoms with Crippen LogP contribution in [0, 0.1) is 0 Å². The summed E-state index contributed by atoms with van der Waals surface area (Å²) in [6.45, 7) is 3.69. The van der Waals surface area contributed by atoms with E-state index >= 15 is 0 Å². The molecule has 226 valence electrons. The number of halogens is 8. The molecule has 0 amide bonds. The lowest BCUT2D eigenvalue weighted by atomic mass is 10.0. The Kier molecular flexibility index (Phi) is 8.62. The minimum Gasteiger partial charge on any atom is -0.369 e. The zero-order valence-corrected chi connectivity index (χ0v) is 23.9. The van der Waals surface area contributed by atoms with Crippen molar-refractivity contribution in [1.29, 1.82) is 0 Å². The van der Waals surface area contributed by atoms with E-state index in [1.807, 2.05) is 11.8 Å². The second-order valence-electron chi connectivity index (χ2n) is 10.4. The number of benzene rings is 1. The SMILES string of the molecule is CCC1CC(N(Cc2cc(C(F)(F)F)cc(C(F)(F)F)c2)c2ncc(N3CCCC3)cn2)CN1c1nc(Cl)ncc1Cl. The van der Waals surface area contributed by atoms with Crippen molar-refractivity contribution in [2.75, 3.05) is 34.3 Å². The van der Waals surface area contributed by atoms with Gasteiger partial charge in [-0.3, -0.25) is 0 Å². The molecule has 4 heterocycles. The van der Waals surface area contributed by atoms with E-state index < -0.39 is 29.5 Å². The van der Waals surface area contributed by atoms with Crippen LogP contribution in [-0.4, -0.2) is 51.7 Å². The van der Waals surface area contributed by atoms with Gasteiger partial charge in [0.1, 0.15) is 5.02 Å². The van der Waals surface area contributed by atoms with E-state index in [1.54, 1.807) is 17.3 Å². The molecule has 0 bridgehead atoms. The molecule has 3 aromatic rings. The van der Waals surface area contributed by atoms with Crippen LogP contribution in [-0.2, 0) is 18.9 Å². The highest BCUT2D eigenvalue weighted by atomic mass is 35.5. The molecule has 5 rings (SSSR count). The summed E-state index contributed by atoms with van der Waals surface area (Å²) in [4.78, 5) is 22.9. The van der Waals surface area contributed by atoms with Gasteiger partial charge in [-0.05, 0) is 61.0 Å². The largest absolute Gasteiger partial charge is 0.416 e. The van der Waals surface area contributed by atoms with Crippen LogP contribution in [0.4, 0.5) is 43.8 Å². The van der Waals surface area contributed by atoms with Gasteiger partial charge in [-0.2, -0.15) is 31.3 Å². The number of nitrogens with zero attached hydrogens (tertiary/aromatic N) is 7. The summed E-state index contributed by atoms with van der Waals surface area (Å²) in [5.74, 6) is 0.590. The Morgan fingerprint density at radius 1 is 0.905 bits per heavy atom. The van der Waals surface area contributed by atoms with Gasteiger partial charge < -0.3 is 14.7 Å². The number of hydrogen-bond donors (Lipinski definition) is 0. The summed E-state index contributed by atoms with van der Waals surface area (Å²) in [5.41, 5.74) is -2.12. The minimum atomic E-state index is -4.96. The lowest BCUT2D eigenvalue weighted by Gasteiger charge is -2.30. The number of aromatic nitrogens is 4. The first-order chi connectivity index (χ1) is 19.8. The number of anilines is 3. The van der Waals surface area contributed by atoms with Gasteiger partial charge in [0.2, 0.25) is 11.2 Å². The third kappa shape index (κ3) is 6.61. The van der Waals surface area contributed by atoms with Gasteiger partial charge in [0.25, 0.3) is 0 Å². The van der Waals surface area contributed by atoms with Crippen LogP contribution in [0.1, 0.15) is 49.3 Å². The minimum absolute atomic E-state index is 0.00552. The second-order valence-corrected chi connectivity index (χ2v) is 11.1. The third-order valence-electron chi connectivity index (χ3n) is 7.63. The van der Waals surface area contributed by atoms with Crippen LogP contribution in [0.5, 0.6) is 0 Å². The molecule has 0 aliphatic carbocycles. The van der Waals surface area contributed by atoms with Crippen LogP contribution >= 0.6 is 23.2 Å². The first kappa shape index (κ1) is 30.4. The fourth-order valence-electron chi connectivity index (χ4n) is 5.57. The first-order valence-corrected chi connectivity index (χ1v) is 14.2. The molecule has 15 heteroatoms. The predicted molar refractivity (Wildman–Crippen MR) is 148 cm³/mol. The van der Waals surface area contributed by atoms with Crippen molar-refractivity contribution in [3.05, 3.63) is 63.8 Å². The van der Waals surface area contributed by atoms with E-state index in [9.17, 15) is 26.3 Å². The van der Waals surface area contributed by atoms with Gasteiger partial charge in [0.05, 0.1) is 41.4 Å². The molecular formula is C27H27Cl2F6N7. The lowest BCUT2D eigenvalue weighted by molar-refractivity contribution is -0.143. The van der Waals surface area contributed by atoms with Crippen molar-refractivity contribution in [2.45, 2.75) is 63.6 Å². The molecule has 0 saturated carbocycles. The van der Waals surface area contributed by atoms with Crippen LogP contribution in [0.3, 0.4) is 0 Å². The van der Waals surface area contributed by atoms with Crippen LogP contribution < -0.4 is 14.7 Å². The molecule has 2 aliphatic heterocycles. The van der Waals surface area contributed by atoms with Gasteiger partial charge in [-0.15, -0.1) is 0 Å².